The molecule has 3 N–H and O–H groups in total. The van der Waals surface area contributed by atoms with Crippen molar-refractivity contribution in [3.63, 3.8) is 0 Å². The number of aromatic nitrogens is 1. The Morgan fingerprint density at radius 3 is 2.64 bits per heavy atom. The van der Waals surface area contributed by atoms with Gasteiger partial charge in [0.2, 0.25) is 0 Å². The monoisotopic (exact) mass is 319 g/mol. The van der Waals surface area contributed by atoms with Crippen LogP contribution < -0.4 is 10.6 Å². The number of urea groups is 1. The standard InChI is InChI=1S/C16H18ClN3O2/c17-13-6-7-14(19-10-13)11-20-16(22)18-9-8-15(21)12-4-2-1-3-5-12/h1-7,10,15,21H,8-9,11H2,(H2,18,20,22). The van der Waals surface area contributed by atoms with Gasteiger partial charge in [0.1, 0.15) is 0 Å². The number of carbonyl (C=O) groups is 1. The van der Waals surface area contributed by atoms with Crippen LogP contribution in [0.2, 0.25) is 5.02 Å². The molecule has 1 heterocycles. The van der Waals surface area contributed by atoms with Crippen LogP contribution in [0.15, 0.2) is 48.7 Å². The number of aliphatic hydroxyl groups excluding tert-OH is 1. The van der Waals surface area contributed by atoms with Crippen LogP contribution in [-0.4, -0.2) is 22.7 Å². The number of amides is 2. The van der Waals surface area contributed by atoms with Crippen molar-refractivity contribution in [2.24, 2.45) is 0 Å². The maximum atomic E-state index is 11.6. The number of rotatable bonds is 6. The van der Waals surface area contributed by atoms with Crippen LogP contribution in [0.1, 0.15) is 23.8 Å². The minimum Gasteiger partial charge on any atom is -0.388 e. The summed E-state index contributed by atoms with van der Waals surface area (Å²) < 4.78 is 0. The minimum atomic E-state index is -0.584. The zero-order valence-electron chi connectivity index (χ0n) is 12.0. The molecule has 1 unspecified atom stereocenters. The Morgan fingerprint density at radius 2 is 1.95 bits per heavy atom. The Bertz CT molecular complexity index is 590. The largest absolute Gasteiger partial charge is 0.388 e. The average Bonchev–Trinajstić information content (AvgIpc) is 2.55. The van der Waals surface area contributed by atoms with Gasteiger partial charge in [-0.05, 0) is 24.1 Å². The Kier molecular flexibility index (Phi) is 6.18. The van der Waals surface area contributed by atoms with E-state index in [1.807, 2.05) is 30.3 Å². The number of aliphatic hydroxyl groups is 1. The molecule has 116 valence electrons. The molecule has 2 amide bonds. The Labute approximate surface area is 134 Å². The number of hydrogen-bond acceptors (Lipinski definition) is 3. The summed E-state index contributed by atoms with van der Waals surface area (Å²) >= 11 is 5.74. The normalized spacial score (nSPS) is 11.7. The molecule has 0 saturated heterocycles. The number of nitrogens with one attached hydrogen (secondary N) is 2. The zero-order chi connectivity index (χ0) is 15.8. The second-order valence-corrected chi connectivity index (χ2v) is 5.23. The second-order valence-electron chi connectivity index (χ2n) is 4.79. The predicted molar refractivity (Wildman–Crippen MR) is 85.5 cm³/mol. The Morgan fingerprint density at radius 1 is 1.18 bits per heavy atom. The fraction of sp³-hybridized carbons (Fsp3) is 0.250. The lowest BCUT2D eigenvalue weighted by molar-refractivity contribution is 0.167. The maximum Gasteiger partial charge on any atom is 0.315 e. The van der Waals surface area contributed by atoms with Crippen LogP contribution in [-0.2, 0) is 6.54 Å². The van der Waals surface area contributed by atoms with Gasteiger partial charge in [-0.25, -0.2) is 4.79 Å². The summed E-state index contributed by atoms with van der Waals surface area (Å²) in [5.41, 5.74) is 1.57. The SMILES string of the molecule is O=C(NCCC(O)c1ccccc1)NCc1ccc(Cl)cn1. The molecule has 0 aliphatic rings. The van der Waals surface area contributed by atoms with Gasteiger partial charge in [-0.3, -0.25) is 4.98 Å². The van der Waals surface area contributed by atoms with E-state index in [4.69, 9.17) is 11.6 Å². The molecule has 0 fully saturated rings. The lowest BCUT2D eigenvalue weighted by Gasteiger charge is -2.12. The van der Waals surface area contributed by atoms with Crippen molar-refractivity contribution in [1.29, 1.82) is 0 Å². The number of nitrogens with zero attached hydrogens (tertiary/aromatic N) is 1. The number of carbonyl (C=O) groups excluding carboxylic acids is 1. The molecule has 1 aromatic heterocycles. The van der Waals surface area contributed by atoms with Crippen LogP contribution in [0.3, 0.4) is 0 Å². The van der Waals surface area contributed by atoms with Crippen molar-refractivity contribution in [2.45, 2.75) is 19.1 Å². The van der Waals surface area contributed by atoms with Crippen molar-refractivity contribution in [3.05, 3.63) is 64.9 Å². The summed E-state index contributed by atoms with van der Waals surface area (Å²) in [6.07, 6.45) is 1.41. The van der Waals surface area contributed by atoms with E-state index in [1.54, 1.807) is 12.1 Å². The van der Waals surface area contributed by atoms with Crippen LogP contribution >= 0.6 is 11.6 Å². The third-order valence-electron chi connectivity index (χ3n) is 3.11. The molecule has 22 heavy (non-hydrogen) atoms. The average molecular weight is 320 g/mol. The van der Waals surface area contributed by atoms with Crippen molar-refractivity contribution in [2.75, 3.05) is 6.54 Å². The summed E-state index contributed by atoms with van der Waals surface area (Å²) in [5.74, 6) is 0. The van der Waals surface area contributed by atoms with Gasteiger partial charge in [0.15, 0.2) is 0 Å². The van der Waals surface area contributed by atoms with Crippen LogP contribution in [0.25, 0.3) is 0 Å². The molecular weight excluding hydrogens is 302 g/mol. The summed E-state index contributed by atoms with van der Waals surface area (Å²) in [5, 5.41) is 15.9. The third-order valence-corrected chi connectivity index (χ3v) is 3.33. The molecule has 0 bridgehead atoms. The first kappa shape index (κ1) is 16.3. The van der Waals surface area contributed by atoms with Gasteiger partial charge in [-0.2, -0.15) is 0 Å². The molecule has 2 aromatic rings. The van der Waals surface area contributed by atoms with Gasteiger partial charge >= 0.3 is 6.03 Å². The fourth-order valence-corrected chi connectivity index (χ4v) is 2.02. The van der Waals surface area contributed by atoms with E-state index >= 15 is 0 Å². The van der Waals surface area contributed by atoms with Gasteiger partial charge in [-0.15, -0.1) is 0 Å². The molecule has 0 aliphatic heterocycles. The molecule has 0 saturated carbocycles. The summed E-state index contributed by atoms with van der Waals surface area (Å²) in [6.45, 7) is 0.709. The molecule has 0 aliphatic carbocycles. The lowest BCUT2D eigenvalue weighted by atomic mass is 10.1. The first-order valence-electron chi connectivity index (χ1n) is 7.00. The van der Waals surface area contributed by atoms with Gasteiger partial charge in [0.25, 0.3) is 0 Å². The Balaban J connectivity index is 1.66. The summed E-state index contributed by atoms with van der Waals surface area (Å²) in [7, 11) is 0. The van der Waals surface area contributed by atoms with Crippen molar-refractivity contribution in [3.8, 4) is 0 Å². The maximum absolute atomic E-state index is 11.6. The van der Waals surface area contributed by atoms with Gasteiger partial charge in [-0.1, -0.05) is 41.9 Å². The quantitative estimate of drug-likeness (QED) is 0.766. The Hall–Kier alpha value is -2.11. The van der Waals surface area contributed by atoms with Gasteiger partial charge < -0.3 is 15.7 Å². The highest BCUT2D eigenvalue weighted by Crippen LogP contribution is 2.14. The molecule has 1 atom stereocenters. The van der Waals surface area contributed by atoms with E-state index in [2.05, 4.69) is 15.6 Å². The molecule has 0 spiro atoms. The van der Waals surface area contributed by atoms with E-state index in [9.17, 15) is 9.90 Å². The molecule has 2 rings (SSSR count). The smallest absolute Gasteiger partial charge is 0.315 e. The molecule has 1 aromatic carbocycles. The highest BCUT2D eigenvalue weighted by Gasteiger charge is 2.07. The van der Waals surface area contributed by atoms with Crippen LogP contribution in [0, 0.1) is 0 Å². The van der Waals surface area contributed by atoms with E-state index < -0.39 is 6.10 Å². The van der Waals surface area contributed by atoms with Gasteiger partial charge in [0.05, 0.1) is 23.4 Å². The number of halogens is 1. The van der Waals surface area contributed by atoms with Crippen molar-refractivity contribution >= 4 is 17.6 Å². The first-order valence-corrected chi connectivity index (χ1v) is 7.38. The molecule has 5 nitrogen and oxygen atoms in total. The zero-order valence-corrected chi connectivity index (χ0v) is 12.8. The van der Waals surface area contributed by atoms with Crippen LogP contribution in [0.5, 0.6) is 0 Å². The van der Waals surface area contributed by atoms with Crippen LogP contribution in [0.4, 0.5) is 4.79 Å². The predicted octanol–water partition coefficient (Wildman–Crippen LogP) is 2.66. The van der Waals surface area contributed by atoms with Crippen molar-refractivity contribution < 1.29 is 9.90 Å². The van der Waals surface area contributed by atoms with E-state index in [0.29, 0.717) is 24.5 Å². The van der Waals surface area contributed by atoms with E-state index in [-0.39, 0.29) is 6.03 Å². The topological polar surface area (TPSA) is 74.2 Å². The number of benzene rings is 1. The highest BCUT2D eigenvalue weighted by molar-refractivity contribution is 6.30. The number of hydrogen-bond donors (Lipinski definition) is 3. The molecule has 6 heteroatoms. The third kappa shape index (κ3) is 5.35. The van der Waals surface area contributed by atoms with Gasteiger partial charge in [0, 0.05) is 12.7 Å². The molecule has 0 radical (unpaired) electrons. The number of pyridine rings is 1. The summed E-state index contributed by atoms with van der Waals surface area (Å²) in [4.78, 5) is 15.7. The van der Waals surface area contributed by atoms with Crippen molar-refractivity contribution in [1.82, 2.24) is 15.6 Å². The fourth-order valence-electron chi connectivity index (χ4n) is 1.91. The summed E-state index contributed by atoms with van der Waals surface area (Å²) in [6, 6.07) is 12.5. The second kappa shape index (κ2) is 8.36. The van der Waals surface area contributed by atoms with E-state index in [0.717, 1.165) is 11.3 Å². The molecular formula is C16H18ClN3O2. The lowest BCUT2D eigenvalue weighted by Crippen LogP contribution is -2.36. The minimum absolute atomic E-state index is 0.294. The first-order chi connectivity index (χ1) is 10.6. The van der Waals surface area contributed by atoms with E-state index in [1.165, 1.54) is 6.20 Å². The highest BCUT2D eigenvalue weighted by atomic mass is 35.5.